The largest absolute Gasteiger partial charge is 0.508 e. The molecule has 4 N–H and O–H groups in total. The van der Waals surface area contributed by atoms with Crippen LogP contribution in [0.15, 0.2) is 48.8 Å². The molecule has 1 aliphatic carbocycles. The first-order valence-corrected chi connectivity index (χ1v) is 10.4. The minimum absolute atomic E-state index is 0.274. The van der Waals surface area contributed by atoms with Crippen molar-refractivity contribution in [2.24, 2.45) is 0 Å². The fourth-order valence-electron chi connectivity index (χ4n) is 3.52. The summed E-state index contributed by atoms with van der Waals surface area (Å²) in [6, 6.07) is 11.6. The summed E-state index contributed by atoms with van der Waals surface area (Å²) >= 11 is 0. The van der Waals surface area contributed by atoms with E-state index in [1.807, 2.05) is 30.5 Å². The average Bonchev–Trinajstić information content (AvgIpc) is 3.27. The van der Waals surface area contributed by atoms with Crippen LogP contribution in [0.1, 0.15) is 36.8 Å². The van der Waals surface area contributed by atoms with E-state index in [9.17, 15) is 5.11 Å². The topological polar surface area (TPSA) is 108 Å². The molecule has 0 atom stereocenters. The van der Waals surface area contributed by atoms with Crippen molar-refractivity contribution in [3.05, 3.63) is 59.9 Å². The Balaban J connectivity index is 1.42. The van der Waals surface area contributed by atoms with Gasteiger partial charge in [-0.2, -0.15) is 15.0 Å². The van der Waals surface area contributed by atoms with Gasteiger partial charge in [0.25, 0.3) is 0 Å². The molecule has 0 amide bonds. The molecule has 0 unspecified atom stereocenters. The van der Waals surface area contributed by atoms with Crippen LogP contribution in [0.2, 0.25) is 0 Å². The molecule has 0 aliphatic heterocycles. The van der Waals surface area contributed by atoms with Gasteiger partial charge in [0.1, 0.15) is 5.75 Å². The first kappa shape index (κ1) is 19.9. The summed E-state index contributed by atoms with van der Waals surface area (Å²) in [6.07, 6.45) is 9.16. The van der Waals surface area contributed by atoms with Crippen LogP contribution < -0.4 is 16.0 Å². The normalized spacial score (nSPS) is 13.9. The average molecular weight is 406 g/mol. The monoisotopic (exact) mass is 405 g/mol. The number of phenols is 1. The summed E-state index contributed by atoms with van der Waals surface area (Å²) in [5, 5.41) is 19.4. The van der Waals surface area contributed by atoms with Gasteiger partial charge in [-0.3, -0.25) is 4.98 Å². The van der Waals surface area contributed by atoms with E-state index in [1.54, 1.807) is 18.3 Å². The molecular weight excluding hydrogens is 378 g/mol. The van der Waals surface area contributed by atoms with Crippen molar-refractivity contribution in [3.8, 4) is 5.75 Å². The number of hydrogen-bond acceptors (Lipinski definition) is 8. The minimum atomic E-state index is 0.274. The van der Waals surface area contributed by atoms with E-state index in [-0.39, 0.29) is 5.75 Å². The molecule has 0 spiro atoms. The molecule has 0 bridgehead atoms. The maximum absolute atomic E-state index is 9.41. The first-order valence-electron chi connectivity index (χ1n) is 10.4. The van der Waals surface area contributed by atoms with E-state index >= 15 is 0 Å². The molecule has 2 heterocycles. The second kappa shape index (κ2) is 9.87. The Hall–Kier alpha value is -3.42. The van der Waals surface area contributed by atoms with Crippen molar-refractivity contribution in [3.63, 3.8) is 0 Å². The number of pyridine rings is 1. The molecule has 1 aliphatic rings. The second-order valence-electron chi connectivity index (χ2n) is 7.49. The van der Waals surface area contributed by atoms with Crippen molar-refractivity contribution in [1.29, 1.82) is 0 Å². The lowest BCUT2D eigenvalue weighted by atomic mass is 10.1. The van der Waals surface area contributed by atoms with Crippen LogP contribution >= 0.6 is 0 Å². The molecule has 8 nitrogen and oxygen atoms in total. The van der Waals surface area contributed by atoms with Gasteiger partial charge < -0.3 is 21.1 Å². The smallest absolute Gasteiger partial charge is 0.229 e. The molecule has 0 saturated heterocycles. The number of phenolic OH excluding ortho intramolecular Hbond substituents is 1. The van der Waals surface area contributed by atoms with Gasteiger partial charge in [0.2, 0.25) is 17.8 Å². The third kappa shape index (κ3) is 5.79. The van der Waals surface area contributed by atoms with Crippen molar-refractivity contribution < 1.29 is 5.11 Å². The SMILES string of the molecule is Oc1ccc(CCNc2nc(NCc3cccnc3)nc(NC3CCCC3)n2)cc1. The van der Waals surface area contributed by atoms with E-state index in [4.69, 9.17) is 0 Å². The van der Waals surface area contributed by atoms with Gasteiger partial charge in [0, 0.05) is 31.5 Å². The quantitative estimate of drug-likeness (QED) is 0.428. The van der Waals surface area contributed by atoms with Gasteiger partial charge in [-0.1, -0.05) is 31.0 Å². The zero-order valence-corrected chi connectivity index (χ0v) is 16.9. The Morgan fingerprint density at radius 2 is 1.60 bits per heavy atom. The molecule has 0 radical (unpaired) electrons. The number of aromatic nitrogens is 4. The van der Waals surface area contributed by atoms with Crippen LogP contribution in [0.5, 0.6) is 5.75 Å². The summed E-state index contributed by atoms with van der Waals surface area (Å²) < 4.78 is 0. The van der Waals surface area contributed by atoms with Crippen LogP contribution in [0, 0.1) is 0 Å². The minimum Gasteiger partial charge on any atom is -0.508 e. The predicted octanol–water partition coefficient (Wildman–Crippen LogP) is 3.59. The highest BCUT2D eigenvalue weighted by atomic mass is 16.3. The second-order valence-corrected chi connectivity index (χ2v) is 7.49. The van der Waals surface area contributed by atoms with Gasteiger partial charge in [0.05, 0.1) is 0 Å². The van der Waals surface area contributed by atoms with E-state index in [0.717, 1.165) is 30.4 Å². The molecular formula is C22H27N7O. The van der Waals surface area contributed by atoms with Crippen LogP contribution in [0.25, 0.3) is 0 Å². The summed E-state index contributed by atoms with van der Waals surface area (Å²) in [4.78, 5) is 17.8. The van der Waals surface area contributed by atoms with Crippen molar-refractivity contribution in [1.82, 2.24) is 19.9 Å². The van der Waals surface area contributed by atoms with E-state index < -0.39 is 0 Å². The molecule has 3 aromatic rings. The lowest BCUT2D eigenvalue weighted by molar-refractivity contribution is 0.475. The maximum atomic E-state index is 9.41. The number of benzene rings is 1. The Morgan fingerprint density at radius 3 is 2.33 bits per heavy atom. The van der Waals surface area contributed by atoms with Crippen molar-refractivity contribution >= 4 is 17.8 Å². The molecule has 156 valence electrons. The van der Waals surface area contributed by atoms with Crippen LogP contribution in [0.4, 0.5) is 17.8 Å². The Bertz CT molecular complexity index is 928. The molecule has 4 rings (SSSR count). The fraction of sp³-hybridized carbons (Fsp3) is 0.364. The Kier molecular flexibility index (Phi) is 6.54. The van der Waals surface area contributed by atoms with Crippen molar-refractivity contribution in [2.45, 2.75) is 44.7 Å². The molecule has 1 saturated carbocycles. The summed E-state index contributed by atoms with van der Waals surface area (Å²) in [6.45, 7) is 1.27. The zero-order chi connectivity index (χ0) is 20.6. The van der Waals surface area contributed by atoms with Gasteiger partial charge in [0.15, 0.2) is 0 Å². The summed E-state index contributed by atoms with van der Waals surface area (Å²) in [7, 11) is 0. The zero-order valence-electron chi connectivity index (χ0n) is 16.9. The van der Waals surface area contributed by atoms with Gasteiger partial charge in [-0.15, -0.1) is 0 Å². The van der Waals surface area contributed by atoms with Gasteiger partial charge in [-0.25, -0.2) is 0 Å². The summed E-state index contributed by atoms with van der Waals surface area (Å²) in [5.41, 5.74) is 2.19. The lowest BCUT2D eigenvalue weighted by Crippen LogP contribution is -2.19. The van der Waals surface area contributed by atoms with Gasteiger partial charge in [-0.05, 0) is 48.6 Å². The highest BCUT2D eigenvalue weighted by Crippen LogP contribution is 2.21. The number of nitrogens with one attached hydrogen (secondary N) is 3. The molecule has 1 aromatic carbocycles. The highest BCUT2D eigenvalue weighted by Gasteiger charge is 2.17. The fourth-order valence-corrected chi connectivity index (χ4v) is 3.52. The number of hydrogen-bond donors (Lipinski definition) is 4. The van der Waals surface area contributed by atoms with E-state index in [1.165, 1.54) is 12.8 Å². The number of anilines is 3. The van der Waals surface area contributed by atoms with Crippen LogP contribution in [0.3, 0.4) is 0 Å². The van der Waals surface area contributed by atoms with Gasteiger partial charge >= 0.3 is 0 Å². The van der Waals surface area contributed by atoms with E-state index in [2.05, 4.69) is 35.9 Å². The maximum Gasteiger partial charge on any atom is 0.229 e. The molecule has 30 heavy (non-hydrogen) atoms. The molecule has 8 heteroatoms. The number of rotatable bonds is 9. The molecule has 1 fully saturated rings. The van der Waals surface area contributed by atoms with E-state index in [0.29, 0.717) is 37.0 Å². The Labute approximate surface area is 176 Å². The molecule has 2 aromatic heterocycles. The highest BCUT2D eigenvalue weighted by molar-refractivity contribution is 5.43. The Morgan fingerprint density at radius 1 is 0.867 bits per heavy atom. The number of aromatic hydroxyl groups is 1. The standard InChI is InChI=1S/C22H27N7O/c30-19-9-7-16(8-10-19)11-13-24-20-27-21(25-15-17-4-3-12-23-14-17)29-22(28-20)26-18-5-1-2-6-18/h3-4,7-10,12,14,18,30H,1-2,5-6,11,13,15H2,(H3,24,25,26,27,28,29). The first-order chi connectivity index (χ1) is 14.7. The van der Waals surface area contributed by atoms with Crippen molar-refractivity contribution in [2.75, 3.05) is 22.5 Å². The van der Waals surface area contributed by atoms with Crippen LogP contribution in [-0.2, 0) is 13.0 Å². The third-order valence-corrected chi connectivity index (χ3v) is 5.13. The number of nitrogens with zero attached hydrogens (tertiary/aromatic N) is 4. The third-order valence-electron chi connectivity index (χ3n) is 5.13. The lowest BCUT2D eigenvalue weighted by Gasteiger charge is -2.14. The predicted molar refractivity (Wildman–Crippen MR) is 118 cm³/mol. The summed E-state index contributed by atoms with van der Waals surface area (Å²) in [5.74, 6) is 1.94. The van der Waals surface area contributed by atoms with Crippen LogP contribution in [-0.4, -0.2) is 37.6 Å².